The molecule has 0 saturated carbocycles. The summed E-state index contributed by atoms with van der Waals surface area (Å²) in [5.74, 6) is -1.27. The van der Waals surface area contributed by atoms with Crippen molar-refractivity contribution in [3.8, 4) is 5.75 Å². The summed E-state index contributed by atoms with van der Waals surface area (Å²) >= 11 is 0. The van der Waals surface area contributed by atoms with E-state index in [-0.39, 0.29) is 55.2 Å². The second kappa shape index (κ2) is 13.5. The first-order valence-electron chi connectivity index (χ1n) is 11.7. The van der Waals surface area contributed by atoms with Crippen molar-refractivity contribution in [2.24, 2.45) is 5.92 Å². The van der Waals surface area contributed by atoms with E-state index in [9.17, 15) is 19.2 Å². The fourth-order valence-corrected chi connectivity index (χ4v) is 3.52. The molecule has 2 rings (SSSR count). The first kappa shape index (κ1) is 27.1. The van der Waals surface area contributed by atoms with Crippen LogP contribution in [0.4, 0.5) is 0 Å². The predicted octanol–water partition coefficient (Wildman–Crippen LogP) is 0.283. The van der Waals surface area contributed by atoms with Gasteiger partial charge < -0.3 is 30.9 Å². The molecule has 1 aliphatic rings. The fourth-order valence-electron chi connectivity index (χ4n) is 3.52. The Morgan fingerprint density at radius 3 is 2.62 bits per heavy atom. The lowest BCUT2D eigenvalue weighted by atomic mass is 10.0. The summed E-state index contributed by atoms with van der Waals surface area (Å²) in [5.41, 5.74) is 0.276. The summed E-state index contributed by atoms with van der Waals surface area (Å²) in [4.78, 5) is 53.1. The maximum absolute atomic E-state index is 13.0. The molecule has 1 aromatic rings. The minimum absolute atomic E-state index is 0.0231. The molecule has 0 saturated heterocycles. The van der Waals surface area contributed by atoms with Gasteiger partial charge in [-0.05, 0) is 51.5 Å². The Kier molecular flexibility index (Phi) is 10.8. The van der Waals surface area contributed by atoms with Gasteiger partial charge in [-0.3, -0.25) is 19.2 Å². The molecule has 2 atom stereocenters. The van der Waals surface area contributed by atoms with Gasteiger partial charge in [0.1, 0.15) is 24.4 Å². The maximum Gasteiger partial charge on any atom is 0.255 e. The van der Waals surface area contributed by atoms with Crippen LogP contribution in [0.15, 0.2) is 24.3 Å². The molecular weight excluding hydrogens is 438 g/mol. The van der Waals surface area contributed by atoms with Gasteiger partial charge >= 0.3 is 0 Å². The van der Waals surface area contributed by atoms with E-state index in [1.807, 2.05) is 32.8 Å². The van der Waals surface area contributed by atoms with Crippen LogP contribution < -0.4 is 26.0 Å². The molecule has 188 valence electrons. The number of para-hydroxylation sites is 1. The van der Waals surface area contributed by atoms with Crippen molar-refractivity contribution in [3.63, 3.8) is 0 Å². The van der Waals surface area contributed by atoms with E-state index in [4.69, 9.17) is 4.74 Å². The molecule has 4 N–H and O–H groups in total. The zero-order valence-corrected chi connectivity index (χ0v) is 20.5. The molecule has 4 amide bonds. The third-order valence-electron chi connectivity index (χ3n) is 5.42. The molecular formula is C24H37N5O5. The number of benzene rings is 1. The van der Waals surface area contributed by atoms with Crippen LogP contribution in [0.1, 0.15) is 43.5 Å². The Bertz CT molecular complexity index is 858. The topological polar surface area (TPSA) is 129 Å². The van der Waals surface area contributed by atoms with E-state index in [2.05, 4.69) is 21.3 Å². The number of fused-ring (bicyclic) bond motifs is 1. The second-order valence-corrected chi connectivity index (χ2v) is 8.94. The molecule has 0 fully saturated rings. The van der Waals surface area contributed by atoms with Crippen molar-refractivity contribution in [3.05, 3.63) is 29.8 Å². The van der Waals surface area contributed by atoms with Gasteiger partial charge in [-0.1, -0.05) is 26.0 Å². The lowest BCUT2D eigenvalue weighted by Gasteiger charge is -2.22. The molecule has 10 nitrogen and oxygen atoms in total. The average molecular weight is 476 g/mol. The van der Waals surface area contributed by atoms with E-state index in [1.54, 1.807) is 24.3 Å². The number of hydrogen-bond acceptors (Lipinski definition) is 6. The fraction of sp³-hybridized carbons (Fsp3) is 0.583. The van der Waals surface area contributed by atoms with Crippen LogP contribution >= 0.6 is 0 Å². The van der Waals surface area contributed by atoms with Gasteiger partial charge in [0.05, 0.1) is 12.1 Å². The molecule has 1 aromatic carbocycles. The van der Waals surface area contributed by atoms with E-state index in [0.29, 0.717) is 12.3 Å². The molecule has 34 heavy (non-hydrogen) atoms. The summed E-state index contributed by atoms with van der Waals surface area (Å²) < 4.78 is 5.73. The van der Waals surface area contributed by atoms with Crippen LogP contribution in [-0.4, -0.2) is 80.9 Å². The van der Waals surface area contributed by atoms with E-state index >= 15 is 0 Å². The van der Waals surface area contributed by atoms with Crippen LogP contribution in [0.5, 0.6) is 5.75 Å². The minimum Gasteiger partial charge on any atom is -0.491 e. The third-order valence-corrected chi connectivity index (χ3v) is 5.42. The van der Waals surface area contributed by atoms with E-state index < -0.39 is 18.0 Å². The predicted molar refractivity (Wildman–Crippen MR) is 128 cm³/mol. The van der Waals surface area contributed by atoms with Crippen LogP contribution in [0.25, 0.3) is 0 Å². The monoisotopic (exact) mass is 475 g/mol. The quantitative estimate of drug-likeness (QED) is 0.438. The lowest BCUT2D eigenvalue weighted by Crippen LogP contribution is -2.51. The summed E-state index contributed by atoms with van der Waals surface area (Å²) in [5, 5.41) is 11.1. The number of nitrogens with zero attached hydrogens (tertiary/aromatic N) is 1. The highest BCUT2D eigenvalue weighted by Crippen LogP contribution is 2.18. The Morgan fingerprint density at radius 2 is 1.91 bits per heavy atom. The van der Waals surface area contributed by atoms with Crippen LogP contribution in [-0.2, 0) is 14.4 Å². The molecule has 10 heteroatoms. The van der Waals surface area contributed by atoms with Crippen LogP contribution in [0.3, 0.4) is 0 Å². The molecule has 0 aromatic heterocycles. The zero-order valence-electron chi connectivity index (χ0n) is 20.5. The molecule has 0 spiro atoms. The van der Waals surface area contributed by atoms with Crippen LogP contribution in [0.2, 0.25) is 0 Å². The van der Waals surface area contributed by atoms with Gasteiger partial charge in [0, 0.05) is 13.0 Å². The average Bonchev–Trinajstić information content (AvgIpc) is 2.79. The Balaban J connectivity index is 2.22. The van der Waals surface area contributed by atoms with Crippen molar-refractivity contribution < 1.29 is 23.9 Å². The third kappa shape index (κ3) is 8.66. The number of carbonyl (C=O) groups excluding carboxylic acids is 4. The molecule has 1 aliphatic heterocycles. The summed E-state index contributed by atoms with van der Waals surface area (Å²) in [6.07, 6.45) is 0.818. The zero-order chi connectivity index (χ0) is 25.1. The van der Waals surface area contributed by atoms with Gasteiger partial charge in [0.15, 0.2) is 0 Å². The normalized spacial score (nSPS) is 20.2. The van der Waals surface area contributed by atoms with Crippen molar-refractivity contribution in [2.75, 3.05) is 40.3 Å². The first-order valence-corrected chi connectivity index (χ1v) is 11.7. The largest absolute Gasteiger partial charge is 0.491 e. The number of rotatable bonds is 6. The number of ether oxygens (including phenoxy) is 1. The molecule has 0 radical (unpaired) electrons. The highest BCUT2D eigenvalue weighted by Gasteiger charge is 2.27. The molecule has 0 unspecified atom stereocenters. The highest BCUT2D eigenvalue weighted by molar-refractivity contribution is 5.99. The maximum atomic E-state index is 13.0. The number of nitrogens with one attached hydrogen (secondary N) is 4. The Morgan fingerprint density at radius 1 is 1.18 bits per heavy atom. The Labute approximate surface area is 201 Å². The smallest absolute Gasteiger partial charge is 0.255 e. The summed E-state index contributed by atoms with van der Waals surface area (Å²) in [7, 11) is 3.90. The van der Waals surface area contributed by atoms with Gasteiger partial charge in [-0.15, -0.1) is 0 Å². The number of amides is 4. The van der Waals surface area contributed by atoms with Gasteiger partial charge in [0.2, 0.25) is 17.7 Å². The van der Waals surface area contributed by atoms with Gasteiger partial charge in [0.25, 0.3) is 5.91 Å². The van der Waals surface area contributed by atoms with Crippen molar-refractivity contribution in [1.29, 1.82) is 0 Å². The minimum atomic E-state index is -0.915. The second-order valence-electron chi connectivity index (χ2n) is 8.94. The lowest BCUT2D eigenvalue weighted by molar-refractivity contribution is -0.130. The van der Waals surface area contributed by atoms with Gasteiger partial charge in [-0.25, -0.2) is 0 Å². The molecule has 0 bridgehead atoms. The van der Waals surface area contributed by atoms with Crippen molar-refractivity contribution in [1.82, 2.24) is 26.2 Å². The van der Waals surface area contributed by atoms with Crippen molar-refractivity contribution >= 4 is 23.6 Å². The van der Waals surface area contributed by atoms with Crippen LogP contribution in [0, 0.1) is 5.92 Å². The standard InChI is InChI=1S/C24H37N5O5/c1-16(2)21-24(33)26-13-15-34-19-9-6-5-8-17(19)22(31)27-18(10-11-20(30)28-21)23(32)25-12-7-14-29(3)4/h5-6,8-9,16,18,21H,7,10-15H2,1-4H3,(H,25,32)(H,26,33)(H,27,31)(H,28,30)/t18-,21-/m0/s1. The first-order chi connectivity index (χ1) is 16.2. The van der Waals surface area contributed by atoms with E-state index in [1.165, 1.54) is 0 Å². The summed E-state index contributed by atoms with van der Waals surface area (Å²) in [6.45, 7) is 5.30. The molecule has 0 aliphatic carbocycles. The SMILES string of the molecule is CC(C)[C@@H]1NC(=O)CC[C@@H](C(=O)NCCCN(C)C)NC(=O)c2ccccc2OCCNC1=O. The highest BCUT2D eigenvalue weighted by atomic mass is 16.5. The van der Waals surface area contributed by atoms with E-state index in [0.717, 1.165) is 13.0 Å². The number of hydrogen-bond donors (Lipinski definition) is 4. The van der Waals surface area contributed by atoms with Gasteiger partial charge in [-0.2, -0.15) is 0 Å². The molecule has 1 heterocycles. The number of carbonyl (C=O) groups is 4. The summed E-state index contributed by atoms with van der Waals surface area (Å²) in [6, 6.07) is 5.09. The van der Waals surface area contributed by atoms with Crippen molar-refractivity contribution in [2.45, 2.75) is 45.2 Å². The Hall–Kier alpha value is -3.14.